The third-order valence-corrected chi connectivity index (χ3v) is 5.68. The van der Waals surface area contributed by atoms with E-state index < -0.39 is 0 Å². The predicted octanol–water partition coefficient (Wildman–Crippen LogP) is 2.92. The predicted molar refractivity (Wildman–Crippen MR) is 106 cm³/mol. The molecule has 27 heavy (non-hydrogen) atoms. The number of hydrogen-bond donors (Lipinski definition) is 0. The van der Waals surface area contributed by atoms with Crippen LogP contribution in [0.4, 0.5) is 0 Å². The molecule has 7 heteroatoms. The summed E-state index contributed by atoms with van der Waals surface area (Å²) in [5.74, 6) is 0. The van der Waals surface area contributed by atoms with E-state index in [9.17, 15) is 0 Å². The third kappa shape index (κ3) is 5.13. The lowest BCUT2D eigenvalue weighted by molar-refractivity contribution is -0.0781. The maximum absolute atomic E-state index is 8.80. The van der Waals surface area contributed by atoms with Crippen molar-refractivity contribution >= 4 is 17.6 Å². The monoisotopic (exact) mass is 390 g/mol. The Morgan fingerprint density at radius 2 is 2.04 bits per heavy atom. The molecule has 2 heterocycles. The molecular weight excluding hydrogens is 364 g/mol. The maximum atomic E-state index is 8.80. The number of morpholine rings is 1. The topological polar surface area (TPSA) is 61.1 Å². The molecule has 0 spiro atoms. The summed E-state index contributed by atoms with van der Waals surface area (Å²) in [4.78, 5) is 8.45. The summed E-state index contributed by atoms with van der Waals surface area (Å²) in [7, 11) is 1.56. The number of nitriles is 1. The van der Waals surface area contributed by atoms with Gasteiger partial charge in [0.15, 0.2) is 0 Å². The highest BCUT2D eigenvalue weighted by Gasteiger charge is 2.34. The van der Waals surface area contributed by atoms with Crippen LogP contribution in [0.25, 0.3) is 0 Å². The molecule has 6 nitrogen and oxygen atoms in total. The quantitative estimate of drug-likeness (QED) is 0.451. The number of methoxy groups -OCH3 is 1. The fourth-order valence-corrected chi connectivity index (χ4v) is 4.19. The highest BCUT2D eigenvalue weighted by molar-refractivity contribution is 6.30. The lowest BCUT2D eigenvalue weighted by Gasteiger charge is -2.46. The Hall–Kier alpha value is -1.81. The van der Waals surface area contributed by atoms with E-state index in [1.54, 1.807) is 7.11 Å². The van der Waals surface area contributed by atoms with Crippen molar-refractivity contribution in [2.45, 2.75) is 44.4 Å². The van der Waals surface area contributed by atoms with Crippen LogP contribution in [0.5, 0.6) is 0 Å². The van der Waals surface area contributed by atoms with Gasteiger partial charge in [-0.1, -0.05) is 23.7 Å². The number of nitrogens with zero attached hydrogens (tertiary/aromatic N) is 4. The Bertz CT molecular complexity index is 680. The molecule has 0 radical (unpaired) electrons. The van der Waals surface area contributed by atoms with Gasteiger partial charge in [0.25, 0.3) is 0 Å². The van der Waals surface area contributed by atoms with Crippen LogP contribution in [0, 0.1) is 11.5 Å². The van der Waals surface area contributed by atoms with Gasteiger partial charge in [-0.25, -0.2) is 0 Å². The van der Waals surface area contributed by atoms with Crippen molar-refractivity contribution in [3.63, 3.8) is 0 Å². The fourth-order valence-electron chi connectivity index (χ4n) is 4.06. The number of piperidine rings is 1. The Morgan fingerprint density at radius 1 is 1.33 bits per heavy atom. The van der Waals surface area contributed by atoms with Gasteiger partial charge in [-0.3, -0.25) is 4.90 Å². The smallest absolute Gasteiger partial charge is 0.302 e. The fraction of sp³-hybridized carbons (Fsp3) is 0.600. The summed E-state index contributed by atoms with van der Waals surface area (Å²) in [6, 6.07) is 9.40. The lowest BCUT2D eigenvalue weighted by atomic mass is 9.96. The lowest BCUT2D eigenvalue weighted by Crippen LogP contribution is -2.57. The molecule has 2 fully saturated rings. The normalized spacial score (nSPS) is 25.3. The first-order valence-electron chi connectivity index (χ1n) is 9.48. The summed E-state index contributed by atoms with van der Waals surface area (Å²) in [5, 5.41) is 9.57. The minimum atomic E-state index is 0.249. The first-order valence-corrected chi connectivity index (χ1v) is 9.86. The summed E-state index contributed by atoms with van der Waals surface area (Å²) in [5.41, 5.74) is 1.29. The van der Waals surface area contributed by atoms with Crippen molar-refractivity contribution < 1.29 is 9.47 Å². The molecule has 1 aromatic rings. The average Bonchev–Trinajstić information content (AvgIpc) is 2.69. The van der Waals surface area contributed by atoms with E-state index in [1.165, 1.54) is 5.56 Å². The SMILES string of the molecule is COC(=NC#N)N1CCC(N2C[C@H](C)OC[C@@H]2Cc2ccc(Cl)cc2)CC1. The van der Waals surface area contributed by atoms with E-state index >= 15 is 0 Å². The number of rotatable bonds is 3. The molecule has 0 bridgehead atoms. The maximum Gasteiger partial charge on any atom is 0.302 e. The zero-order chi connectivity index (χ0) is 19.2. The van der Waals surface area contributed by atoms with E-state index in [0.717, 1.165) is 50.5 Å². The largest absolute Gasteiger partial charge is 0.468 e. The van der Waals surface area contributed by atoms with Crippen LogP contribution in [0.2, 0.25) is 5.02 Å². The van der Waals surface area contributed by atoms with Crippen molar-refractivity contribution in [1.82, 2.24) is 9.80 Å². The second kappa shape index (κ2) is 9.41. The molecule has 0 saturated carbocycles. The van der Waals surface area contributed by atoms with E-state index in [4.69, 9.17) is 26.3 Å². The molecule has 0 aliphatic carbocycles. The van der Waals surface area contributed by atoms with Crippen molar-refractivity contribution in [3.8, 4) is 6.19 Å². The molecule has 1 aromatic carbocycles. The summed E-state index contributed by atoms with van der Waals surface area (Å²) >= 11 is 6.02. The number of likely N-dealkylation sites (tertiary alicyclic amines) is 1. The molecule has 2 aliphatic rings. The number of hydrogen-bond acceptors (Lipinski definition) is 5. The standard InChI is InChI=1S/C20H27ClN4O2/c1-15-12-25(18-7-9-24(10-8-18)20(26-2)23-14-22)19(13-27-15)11-16-3-5-17(21)6-4-16/h3-6,15,18-19H,7-13H2,1-2H3/t15-,19-/m0/s1. The summed E-state index contributed by atoms with van der Waals surface area (Å²) in [6.45, 7) is 5.54. The Balaban J connectivity index is 1.64. The van der Waals surface area contributed by atoms with Gasteiger partial charge < -0.3 is 14.4 Å². The molecular formula is C20H27ClN4O2. The minimum Gasteiger partial charge on any atom is -0.468 e. The van der Waals surface area contributed by atoms with E-state index in [1.807, 2.05) is 18.3 Å². The molecule has 0 amide bonds. The Kier molecular flexibility index (Phi) is 6.95. The third-order valence-electron chi connectivity index (χ3n) is 5.43. The van der Waals surface area contributed by atoms with Gasteiger partial charge in [-0.05, 0) is 43.9 Å². The van der Waals surface area contributed by atoms with Crippen LogP contribution in [-0.2, 0) is 15.9 Å². The van der Waals surface area contributed by atoms with Crippen molar-refractivity contribution in [2.24, 2.45) is 4.99 Å². The van der Waals surface area contributed by atoms with Gasteiger partial charge in [0.1, 0.15) is 0 Å². The van der Waals surface area contributed by atoms with Crippen LogP contribution in [0.15, 0.2) is 29.3 Å². The molecule has 0 aromatic heterocycles. The van der Waals surface area contributed by atoms with Gasteiger partial charge in [0.05, 0.1) is 19.8 Å². The minimum absolute atomic E-state index is 0.249. The van der Waals surface area contributed by atoms with Crippen LogP contribution in [0.3, 0.4) is 0 Å². The molecule has 0 unspecified atom stereocenters. The first-order chi connectivity index (χ1) is 13.1. The molecule has 2 aliphatic heterocycles. The van der Waals surface area contributed by atoms with Gasteiger partial charge in [0.2, 0.25) is 6.19 Å². The van der Waals surface area contributed by atoms with Gasteiger partial charge >= 0.3 is 6.02 Å². The van der Waals surface area contributed by atoms with Gasteiger partial charge in [-0.2, -0.15) is 5.26 Å². The number of amidine groups is 1. The van der Waals surface area contributed by atoms with Crippen molar-refractivity contribution in [1.29, 1.82) is 5.26 Å². The molecule has 2 saturated heterocycles. The second-order valence-electron chi connectivity index (χ2n) is 7.24. The average molecular weight is 391 g/mol. The van der Waals surface area contributed by atoms with Crippen molar-refractivity contribution in [2.75, 3.05) is 33.4 Å². The molecule has 0 N–H and O–H groups in total. The van der Waals surface area contributed by atoms with Crippen LogP contribution in [-0.4, -0.2) is 67.4 Å². The van der Waals surface area contributed by atoms with Gasteiger partial charge in [-0.15, -0.1) is 4.99 Å². The molecule has 146 valence electrons. The second-order valence-corrected chi connectivity index (χ2v) is 7.68. The van der Waals surface area contributed by atoms with Gasteiger partial charge in [0, 0.05) is 36.7 Å². The highest BCUT2D eigenvalue weighted by Crippen LogP contribution is 2.25. The van der Waals surface area contributed by atoms with E-state index in [2.05, 4.69) is 33.8 Å². The zero-order valence-electron chi connectivity index (χ0n) is 16.0. The summed E-state index contributed by atoms with van der Waals surface area (Å²) in [6.07, 6.45) is 5.08. The van der Waals surface area contributed by atoms with Crippen molar-refractivity contribution in [3.05, 3.63) is 34.9 Å². The number of ether oxygens (including phenoxy) is 2. The zero-order valence-corrected chi connectivity index (χ0v) is 16.7. The highest BCUT2D eigenvalue weighted by atomic mass is 35.5. The Morgan fingerprint density at radius 3 is 2.67 bits per heavy atom. The van der Waals surface area contributed by atoms with E-state index in [-0.39, 0.29) is 6.10 Å². The van der Waals surface area contributed by atoms with Crippen LogP contribution in [0.1, 0.15) is 25.3 Å². The number of halogens is 1. The number of benzene rings is 1. The van der Waals surface area contributed by atoms with E-state index in [0.29, 0.717) is 18.1 Å². The molecule has 3 rings (SSSR count). The number of aliphatic imine (C=N–C) groups is 1. The summed E-state index contributed by atoms with van der Waals surface area (Å²) < 4.78 is 11.2. The van der Waals surface area contributed by atoms with Crippen LogP contribution < -0.4 is 0 Å². The van der Waals surface area contributed by atoms with Crippen LogP contribution >= 0.6 is 11.6 Å². The first kappa shape index (κ1) is 19.9. The molecule has 2 atom stereocenters. The Labute approximate surface area is 166 Å².